The number of carbonyl (C=O) groups excluding carboxylic acids is 1. The normalized spacial score (nSPS) is 26.1. The van der Waals surface area contributed by atoms with Crippen molar-refractivity contribution in [2.24, 2.45) is 5.92 Å². The Morgan fingerprint density at radius 2 is 1.74 bits per heavy atom. The smallest absolute Gasteiger partial charge is 0.299 e. The molecule has 4 saturated heterocycles. The number of aromatic nitrogens is 1. The minimum Gasteiger partial charge on any atom is -0.423 e. The highest BCUT2D eigenvalue weighted by Crippen LogP contribution is 2.33. The summed E-state index contributed by atoms with van der Waals surface area (Å²) in [6.45, 7) is 5.94. The molecule has 9 heteroatoms. The highest BCUT2D eigenvalue weighted by molar-refractivity contribution is 6.04. The Hall–Kier alpha value is -2.32. The number of piperidine rings is 3. The molecule has 0 spiro atoms. The molecular formula is C26H33Cl2N5O2. The maximum absolute atomic E-state index is 13.3. The molecule has 7 rings (SSSR count). The number of amides is 1. The Labute approximate surface area is 218 Å². The molecule has 1 amide bonds. The summed E-state index contributed by atoms with van der Waals surface area (Å²) < 4.78 is 6.23. The van der Waals surface area contributed by atoms with Crippen molar-refractivity contribution in [2.45, 2.75) is 24.9 Å². The van der Waals surface area contributed by atoms with Crippen molar-refractivity contribution in [1.82, 2.24) is 20.1 Å². The van der Waals surface area contributed by atoms with Crippen molar-refractivity contribution in [1.29, 1.82) is 0 Å². The molecule has 4 aliphatic rings. The monoisotopic (exact) mass is 517 g/mol. The molecule has 188 valence electrons. The zero-order valence-corrected chi connectivity index (χ0v) is 21.6. The Morgan fingerprint density at radius 1 is 0.971 bits per heavy atom. The summed E-state index contributed by atoms with van der Waals surface area (Å²) in [5, 5.41) is 3.31. The number of nitrogens with zero attached hydrogens (tertiary/aromatic N) is 4. The summed E-state index contributed by atoms with van der Waals surface area (Å²) in [6, 6.07) is 17.1. The fraction of sp³-hybridized carbons (Fsp3) is 0.462. The van der Waals surface area contributed by atoms with Gasteiger partial charge >= 0.3 is 0 Å². The lowest BCUT2D eigenvalue weighted by Gasteiger charge is -2.44. The van der Waals surface area contributed by atoms with Crippen LogP contribution in [0.15, 0.2) is 52.9 Å². The Morgan fingerprint density at radius 3 is 2.46 bits per heavy atom. The molecular weight excluding hydrogens is 485 g/mol. The lowest BCUT2D eigenvalue weighted by molar-refractivity contribution is 0.0621. The van der Waals surface area contributed by atoms with Gasteiger partial charge in [-0.15, -0.1) is 24.8 Å². The van der Waals surface area contributed by atoms with E-state index in [1.165, 1.54) is 18.4 Å². The van der Waals surface area contributed by atoms with Gasteiger partial charge in [0.15, 0.2) is 5.58 Å². The number of para-hydroxylation sites is 1. The largest absolute Gasteiger partial charge is 0.423 e. The van der Waals surface area contributed by atoms with E-state index < -0.39 is 0 Å². The number of rotatable bonds is 4. The number of nitrogens with one attached hydrogen (secondary N) is 1. The maximum atomic E-state index is 13.3. The van der Waals surface area contributed by atoms with Crippen LogP contribution in [0.5, 0.6) is 0 Å². The lowest BCUT2D eigenvalue weighted by Crippen LogP contribution is -2.57. The topological polar surface area (TPSA) is 64.8 Å². The molecule has 4 aliphatic heterocycles. The Bertz CT molecular complexity index is 1150. The molecule has 3 aromatic rings. The molecule has 2 aromatic carbocycles. The Balaban J connectivity index is 0.00000144. The average molecular weight is 518 g/mol. The van der Waals surface area contributed by atoms with Crippen molar-refractivity contribution in [3.05, 3.63) is 59.7 Å². The third-order valence-electron chi connectivity index (χ3n) is 7.64. The van der Waals surface area contributed by atoms with Gasteiger partial charge in [-0.05, 0) is 56.6 Å². The number of likely N-dealkylation sites (N-methyl/N-ethyl adjacent to an activating group) is 1. The van der Waals surface area contributed by atoms with Crippen LogP contribution in [0.4, 0.5) is 6.01 Å². The fourth-order valence-corrected chi connectivity index (χ4v) is 5.73. The van der Waals surface area contributed by atoms with E-state index >= 15 is 0 Å². The van der Waals surface area contributed by atoms with E-state index in [9.17, 15) is 4.79 Å². The molecule has 1 N–H and O–H groups in total. The average Bonchev–Trinajstić information content (AvgIpc) is 3.29. The van der Waals surface area contributed by atoms with Gasteiger partial charge in [0.2, 0.25) is 0 Å². The second-order valence-corrected chi connectivity index (χ2v) is 9.75. The van der Waals surface area contributed by atoms with Crippen molar-refractivity contribution in [3.63, 3.8) is 0 Å². The quantitative estimate of drug-likeness (QED) is 0.564. The molecule has 0 saturated carbocycles. The number of anilines is 1. The lowest BCUT2D eigenvalue weighted by atomic mass is 9.84. The number of oxazole rings is 1. The van der Waals surface area contributed by atoms with Gasteiger partial charge in [-0.25, -0.2) is 0 Å². The molecule has 2 bridgehead atoms. The van der Waals surface area contributed by atoms with E-state index in [1.54, 1.807) is 0 Å². The fourth-order valence-electron chi connectivity index (χ4n) is 5.73. The van der Waals surface area contributed by atoms with Crippen LogP contribution in [-0.4, -0.2) is 73.0 Å². The van der Waals surface area contributed by atoms with Gasteiger partial charge in [0, 0.05) is 32.2 Å². The first-order chi connectivity index (χ1) is 16.2. The predicted octanol–water partition coefficient (Wildman–Crippen LogP) is 3.99. The van der Waals surface area contributed by atoms with Crippen LogP contribution in [0.2, 0.25) is 0 Å². The summed E-state index contributed by atoms with van der Waals surface area (Å²) in [4.78, 5) is 25.2. The molecule has 4 fully saturated rings. The summed E-state index contributed by atoms with van der Waals surface area (Å²) >= 11 is 0. The van der Waals surface area contributed by atoms with Crippen LogP contribution < -0.4 is 10.2 Å². The number of benzene rings is 2. The third kappa shape index (κ3) is 5.00. The van der Waals surface area contributed by atoms with Crippen molar-refractivity contribution in [2.75, 3.05) is 51.2 Å². The standard InChI is InChI=1S/C26H31N5O2.2ClH/c1-29-14-15-31(22(17-29)19-6-3-2-4-7-19)26-28-24-20(8-5-9-23(24)33-26)25(32)27-21-16-30-12-10-18(21)11-13-30;;/h2-9,18,21-22H,10-17H2,1H3,(H,27,32);2*1H/t21?,22-;;/m1../s1. The zero-order valence-electron chi connectivity index (χ0n) is 19.9. The second kappa shape index (κ2) is 10.7. The first-order valence-electron chi connectivity index (χ1n) is 12.1. The van der Waals surface area contributed by atoms with E-state index in [2.05, 4.69) is 51.3 Å². The van der Waals surface area contributed by atoms with Crippen molar-refractivity contribution < 1.29 is 9.21 Å². The second-order valence-electron chi connectivity index (χ2n) is 9.75. The third-order valence-corrected chi connectivity index (χ3v) is 7.64. The molecule has 1 unspecified atom stereocenters. The van der Waals surface area contributed by atoms with E-state index in [4.69, 9.17) is 9.40 Å². The van der Waals surface area contributed by atoms with Gasteiger partial charge in [-0.3, -0.25) is 4.79 Å². The van der Waals surface area contributed by atoms with Crippen molar-refractivity contribution >= 4 is 47.8 Å². The molecule has 1 aromatic heterocycles. The molecule has 7 nitrogen and oxygen atoms in total. The molecule has 0 aliphatic carbocycles. The van der Waals surface area contributed by atoms with Crippen LogP contribution >= 0.6 is 24.8 Å². The first kappa shape index (κ1) is 25.8. The number of fused-ring (bicyclic) bond motifs is 4. The number of carbonyl (C=O) groups is 1. The number of halogens is 2. The predicted molar refractivity (Wildman–Crippen MR) is 143 cm³/mol. The van der Waals surface area contributed by atoms with Gasteiger partial charge in [0.25, 0.3) is 11.9 Å². The summed E-state index contributed by atoms with van der Waals surface area (Å²) in [5.41, 5.74) is 3.16. The van der Waals surface area contributed by atoms with Crippen molar-refractivity contribution in [3.8, 4) is 0 Å². The van der Waals surface area contributed by atoms with Gasteiger partial charge < -0.3 is 24.4 Å². The number of piperazine rings is 1. The summed E-state index contributed by atoms with van der Waals surface area (Å²) in [6.07, 6.45) is 2.35. The Kier molecular flexibility index (Phi) is 7.91. The molecule has 5 heterocycles. The SMILES string of the molecule is CN1CCN(c2nc3c(C(=O)NC4CN5CCC4CC5)cccc3o2)[C@@H](c2ccccc2)C1.Cl.Cl. The summed E-state index contributed by atoms with van der Waals surface area (Å²) in [5.74, 6) is 0.542. The van der Waals surface area contributed by atoms with Gasteiger partial charge in [-0.2, -0.15) is 4.98 Å². The van der Waals surface area contributed by atoms with E-state index in [-0.39, 0.29) is 42.8 Å². The van der Waals surface area contributed by atoms with E-state index in [1.807, 2.05) is 24.3 Å². The zero-order chi connectivity index (χ0) is 22.4. The first-order valence-corrected chi connectivity index (χ1v) is 12.1. The summed E-state index contributed by atoms with van der Waals surface area (Å²) in [7, 11) is 2.15. The number of hydrogen-bond donors (Lipinski definition) is 1. The molecule has 35 heavy (non-hydrogen) atoms. The maximum Gasteiger partial charge on any atom is 0.299 e. The van der Waals surface area contributed by atoms with Gasteiger partial charge in [-0.1, -0.05) is 36.4 Å². The van der Waals surface area contributed by atoms with E-state index in [0.717, 1.165) is 39.3 Å². The van der Waals surface area contributed by atoms with Crippen LogP contribution in [0.25, 0.3) is 11.1 Å². The highest BCUT2D eigenvalue weighted by atomic mass is 35.5. The minimum atomic E-state index is -0.0443. The van der Waals surface area contributed by atoms with Gasteiger partial charge in [0.1, 0.15) is 5.52 Å². The van der Waals surface area contributed by atoms with Crippen LogP contribution in [0, 0.1) is 5.92 Å². The number of hydrogen-bond acceptors (Lipinski definition) is 6. The molecule has 2 atom stereocenters. The van der Waals surface area contributed by atoms with E-state index in [0.29, 0.717) is 28.6 Å². The minimum absolute atomic E-state index is 0. The van der Waals surface area contributed by atoms with Crippen LogP contribution in [0.1, 0.15) is 34.8 Å². The van der Waals surface area contributed by atoms with Gasteiger partial charge in [0.05, 0.1) is 11.6 Å². The van der Waals surface area contributed by atoms with Crippen LogP contribution in [0.3, 0.4) is 0 Å². The van der Waals surface area contributed by atoms with Crippen LogP contribution in [-0.2, 0) is 0 Å². The highest BCUT2D eigenvalue weighted by Gasteiger charge is 2.35. The molecule has 0 radical (unpaired) electrons.